The van der Waals surface area contributed by atoms with Crippen LogP contribution in [0.25, 0.3) is 0 Å². The topological polar surface area (TPSA) is 59.4 Å². The van der Waals surface area contributed by atoms with Crippen molar-refractivity contribution >= 4 is 11.5 Å². The lowest BCUT2D eigenvalue weighted by Crippen LogP contribution is -2.62. The van der Waals surface area contributed by atoms with E-state index < -0.39 is 5.41 Å². The number of ketones is 1. The Balaban J connectivity index is 1.45. The number of piperazine rings is 1. The van der Waals surface area contributed by atoms with E-state index in [1.54, 1.807) is 6.07 Å². The standard InChI is InChI=1S/C34H44N4O/c1-7-26-20-28-29(11-12-31(26)37-15-17-38(18-16-37)34(23(2)3)13-8-14-34)33(5,6)24(4)36-30-19-25(22-35)9-10-27(30)21-32(28)39/h9-10,12,19-20,23,36H,4,7-8,11,13-18,21H2,1-3,5-6H3. The van der Waals surface area contributed by atoms with Gasteiger partial charge in [0.05, 0.1) is 11.6 Å². The molecule has 206 valence electrons. The van der Waals surface area contributed by atoms with E-state index in [0.29, 0.717) is 23.4 Å². The summed E-state index contributed by atoms with van der Waals surface area (Å²) in [6.07, 6.45) is 10.5. The van der Waals surface area contributed by atoms with Crippen LogP contribution in [0.1, 0.15) is 77.8 Å². The second kappa shape index (κ2) is 10.5. The molecule has 1 aromatic carbocycles. The summed E-state index contributed by atoms with van der Waals surface area (Å²) in [7, 11) is 0. The third-order valence-corrected chi connectivity index (χ3v) is 10.1. The fraction of sp³-hybridized carbons (Fsp3) is 0.529. The van der Waals surface area contributed by atoms with Crippen molar-refractivity contribution in [2.45, 2.75) is 78.7 Å². The summed E-state index contributed by atoms with van der Waals surface area (Å²) < 4.78 is 0. The van der Waals surface area contributed by atoms with Crippen LogP contribution in [0.4, 0.5) is 5.69 Å². The molecule has 0 bridgehead atoms. The normalized spacial score (nSPS) is 23.2. The Bertz CT molecular complexity index is 1310. The van der Waals surface area contributed by atoms with Gasteiger partial charge in [0.25, 0.3) is 0 Å². The number of carbonyl (C=O) groups is 1. The molecule has 39 heavy (non-hydrogen) atoms. The van der Waals surface area contributed by atoms with Crippen LogP contribution in [-0.4, -0.2) is 47.3 Å². The van der Waals surface area contributed by atoms with Gasteiger partial charge in [-0.2, -0.15) is 5.26 Å². The second-order valence-electron chi connectivity index (χ2n) is 12.6. The second-order valence-corrected chi connectivity index (χ2v) is 12.6. The van der Waals surface area contributed by atoms with Gasteiger partial charge in [0.1, 0.15) is 0 Å². The van der Waals surface area contributed by atoms with Gasteiger partial charge >= 0.3 is 0 Å². The maximum absolute atomic E-state index is 14.0. The number of anilines is 1. The van der Waals surface area contributed by atoms with Crippen LogP contribution in [-0.2, 0) is 11.2 Å². The van der Waals surface area contributed by atoms with Crippen molar-refractivity contribution in [1.29, 1.82) is 5.26 Å². The third kappa shape index (κ3) is 4.78. The van der Waals surface area contributed by atoms with E-state index in [0.717, 1.165) is 67.1 Å². The number of hydrogen-bond acceptors (Lipinski definition) is 5. The van der Waals surface area contributed by atoms with Crippen LogP contribution in [0.5, 0.6) is 0 Å². The van der Waals surface area contributed by atoms with Gasteiger partial charge in [0.2, 0.25) is 0 Å². The fourth-order valence-electron chi connectivity index (χ4n) is 7.11. The molecule has 1 N–H and O–H groups in total. The van der Waals surface area contributed by atoms with E-state index in [1.165, 1.54) is 30.5 Å². The van der Waals surface area contributed by atoms with Crippen molar-refractivity contribution < 1.29 is 4.79 Å². The molecule has 0 radical (unpaired) electrons. The summed E-state index contributed by atoms with van der Waals surface area (Å²) in [5.41, 5.74) is 7.58. The SMILES string of the molecule is C=C1Nc2cc(C#N)ccc2CC(=O)C2=C(CC=C(N3CCN(C4(C(C)C)CCC4)CC3)C(CC)=C2)C1(C)C. The summed E-state index contributed by atoms with van der Waals surface area (Å²) in [4.78, 5) is 19.3. The number of fused-ring (bicyclic) bond motifs is 1. The van der Waals surface area contributed by atoms with E-state index in [4.69, 9.17) is 0 Å². The van der Waals surface area contributed by atoms with E-state index >= 15 is 0 Å². The molecular weight excluding hydrogens is 480 g/mol. The minimum absolute atomic E-state index is 0.134. The maximum atomic E-state index is 14.0. The van der Waals surface area contributed by atoms with Gasteiger partial charge in [-0.1, -0.05) is 53.3 Å². The van der Waals surface area contributed by atoms with E-state index in [9.17, 15) is 10.1 Å². The number of carbonyl (C=O) groups excluding carboxylic acids is 1. The molecule has 2 aliphatic heterocycles. The van der Waals surface area contributed by atoms with Crippen LogP contribution >= 0.6 is 0 Å². The highest BCUT2D eigenvalue weighted by Gasteiger charge is 2.45. The zero-order valence-electron chi connectivity index (χ0n) is 24.5. The predicted molar refractivity (Wildman–Crippen MR) is 159 cm³/mol. The highest BCUT2D eigenvalue weighted by molar-refractivity contribution is 6.01. The molecule has 0 spiro atoms. The maximum Gasteiger partial charge on any atom is 0.167 e. The monoisotopic (exact) mass is 524 g/mol. The first-order valence-electron chi connectivity index (χ1n) is 14.8. The van der Waals surface area contributed by atoms with Crippen molar-refractivity contribution in [3.05, 3.63) is 76.2 Å². The first-order valence-corrected chi connectivity index (χ1v) is 14.8. The van der Waals surface area contributed by atoms with Crippen LogP contribution in [0.15, 0.2) is 65.0 Å². The Hall–Kier alpha value is -3.10. The number of nitriles is 1. The third-order valence-electron chi connectivity index (χ3n) is 10.1. The van der Waals surface area contributed by atoms with Gasteiger partial charge in [-0.05, 0) is 72.9 Å². The number of benzene rings is 1. The van der Waals surface area contributed by atoms with Crippen LogP contribution in [0, 0.1) is 22.7 Å². The number of Topliss-reactive ketones (excluding diaryl/α,β-unsaturated/α-hetero) is 1. The summed E-state index contributed by atoms with van der Waals surface area (Å²) in [5.74, 6) is 0.829. The Morgan fingerprint density at radius 1 is 1.15 bits per heavy atom. The predicted octanol–water partition coefficient (Wildman–Crippen LogP) is 6.75. The van der Waals surface area contributed by atoms with Gasteiger partial charge in [-0.3, -0.25) is 9.69 Å². The van der Waals surface area contributed by atoms with Crippen molar-refractivity contribution in [2.75, 3.05) is 31.5 Å². The van der Waals surface area contributed by atoms with E-state index in [1.807, 2.05) is 12.1 Å². The van der Waals surface area contributed by atoms with Crippen molar-refractivity contribution in [1.82, 2.24) is 9.80 Å². The Morgan fingerprint density at radius 3 is 2.46 bits per heavy atom. The molecule has 5 heteroatoms. The zero-order chi connectivity index (χ0) is 27.9. The Labute approximate surface area is 234 Å². The number of allylic oxidation sites excluding steroid dienone is 5. The summed E-state index contributed by atoms with van der Waals surface area (Å²) in [6.45, 7) is 20.0. The first kappa shape index (κ1) is 27.5. The Kier molecular flexibility index (Phi) is 7.37. The lowest BCUT2D eigenvalue weighted by Gasteiger charge is -2.56. The van der Waals surface area contributed by atoms with E-state index in [2.05, 4.69) is 74.5 Å². The smallest absolute Gasteiger partial charge is 0.167 e. The van der Waals surface area contributed by atoms with Gasteiger partial charge in [-0.25, -0.2) is 0 Å². The van der Waals surface area contributed by atoms with Gasteiger partial charge < -0.3 is 10.2 Å². The van der Waals surface area contributed by atoms with Crippen molar-refractivity contribution in [2.24, 2.45) is 11.3 Å². The minimum Gasteiger partial charge on any atom is -0.369 e. The molecule has 1 aromatic rings. The minimum atomic E-state index is -0.441. The molecule has 0 unspecified atom stereocenters. The van der Waals surface area contributed by atoms with Crippen molar-refractivity contribution in [3.63, 3.8) is 0 Å². The fourth-order valence-corrected chi connectivity index (χ4v) is 7.11. The largest absolute Gasteiger partial charge is 0.369 e. The highest BCUT2D eigenvalue weighted by Crippen LogP contribution is 2.45. The number of nitrogens with one attached hydrogen (secondary N) is 1. The first-order chi connectivity index (χ1) is 18.6. The van der Waals surface area contributed by atoms with E-state index in [-0.39, 0.29) is 5.78 Å². The molecular formula is C34H44N4O. The zero-order valence-corrected chi connectivity index (χ0v) is 24.5. The molecule has 2 aliphatic carbocycles. The van der Waals surface area contributed by atoms with Gasteiger partial charge in [-0.15, -0.1) is 0 Å². The summed E-state index contributed by atoms with van der Waals surface area (Å²) in [5, 5.41) is 12.9. The van der Waals surface area contributed by atoms with Gasteiger partial charge in [0, 0.05) is 66.2 Å². The molecule has 0 amide bonds. The average Bonchev–Trinajstić information content (AvgIpc) is 3.08. The summed E-state index contributed by atoms with van der Waals surface area (Å²) in [6, 6.07) is 7.74. The number of rotatable bonds is 4. The van der Waals surface area contributed by atoms with Crippen LogP contribution in [0.3, 0.4) is 0 Å². The average molecular weight is 525 g/mol. The van der Waals surface area contributed by atoms with Crippen LogP contribution < -0.4 is 5.32 Å². The lowest BCUT2D eigenvalue weighted by atomic mass is 9.68. The summed E-state index contributed by atoms with van der Waals surface area (Å²) >= 11 is 0. The quantitative estimate of drug-likeness (QED) is 0.472. The molecule has 2 fully saturated rings. The Morgan fingerprint density at radius 2 is 1.87 bits per heavy atom. The van der Waals surface area contributed by atoms with Crippen LogP contribution in [0.2, 0.25) is 0 Å². The molecule has 5 rings (SSSR count). The molecule has 1 saturated heterocycles. The van der Waals surface area contributed by atoms with Gasteiger partial charge in [0.15, 0.2) is 5.78 Å². The molecule has 5 nitrogen and oxygen atoms in total. The number of hydrogen-bond donors (Lipinski definition) is 1. The molecule has 0 aromatic heterocycles. The lowest BCUT2D eigenvalue weighted by molar-refractivity contribution is -0.114. The molecule has 1 saturated carbocycles. The number of nitrogens with zero attached hydrogens (tertiary/aromatic N) is 3. The molecule has 0 atom stereocenters. The molecule has 2 heterocycles. The molecule has 4 aliphatic rings. The highest BCUT2D eigenvalue weighted by atomic mass is 16.1. The van der Waals surface area contributed by atoms with Crippen molar-refractivity contribution in [3.8, 4) is 6.07 Å².